The molecule has 184 valence electrons. The molecule has 2 unspecified atom stereocenters. The maximum absolute atomic E-state index is 4.26. The molecule has 5 rings (SSSR count). The van der Waals surface area contributed by atoms with Gasteiger partial charge in [0.25, 0.3) is 0 Å². The van der Waals surface area contributed by atoms with Crippen molar-refractivity contribution in [2.24, 2.45) is 5.41 Å². The Bertz CT molecular complexity index is 1350. The largest absolute Gasteiger partial charge is 0.221 e. The Kier molecular flexibility index (Phi) is 5.07. The van der Waals surface area contributed by atoms with Gasteiger partial charge in [-0.15, -0.1) is 6.58 Å². The number of hydrogen-bond donors (Lipinski definition) is 0. The third-order valence-electron chi connectivity index (χ3n) is 11.6. The van der Waals surface area contributed by atoms with Gasteiger partial charge in [-0.3, -0.25) is 0 Å². The normalized spacial score (nSPS) is 27.2. The minimum Gasteiger partial charge on any atom is -0.192 e. The van der Waals surface area contributed by atoms with Crippen molar-refractivity contribution in [3.63, 3.8) is 0 Å². The van der Waals surface area contributed by atoms with Crippen LogP contribution in [0.1, 0.15) is 98.3 Å². The smallest absolute Gasteiger partial charge is 0.192 e. The summed E-state index contributed by atoms with van der Waals surface area (Å²) in [6.07, 6.45) is 7.67. The highest BCUT2D eigenvalue weighted by Crippen LogP contribution is 2.64. The summed E-state index contributed by atoms with van der Waals surface area (Å²) in [4.78, 5) is 0. The van der Waals surface area contributed by atoms with E-state index in [-0.39, 0.29) is 27.2 Å². The summed E-state index contributed by atoms with van der Waals surface area (Å²) in [5.41, 5.74) is 7.65. The predicted molar refractivity (Wildman–Crippen MR) is 150 cm³/mol. The topological polar surface area (TPSA) is 3.88 Å². The molecule has 0 saturated carbocycles. The Hall–Kier alpha value is -2.41. The van der Waals surface area contributed by atoms with Crippen molar-refractivity contribution >= 4 is 10.8 Å². The van der Waals surface area contributed by atoms with Crippen LogP contribution in [0.2, 0.25) is 0 Å². The van der Waals surface area contributed by atoms with E-state index in [0.29, 0.717) is 0 Å². The molecule has 1 heteroatoms. The van der Waals surface area contributed by atoms with Crippen LogP contribution in [0.15, 0.2) is 61.3 Å². The number of hydrogen-bond acceptors (Lipinski definition) is 0. The van der Waals surface area contributed by atoms with Gasteiger partial charge in [0.1, 0.15) is 0 Å². The number of aromatic nitrogens is 1. The standard InChI is InChI=1S/C34H44N/c1-11-19-34(13-3)26-22-28-27(30(4,5)32(8,9)31(28,6)7)21-25(26)29-24-17-15-14-16-23(24)18-20-35(29)33(34,10)12-2/h11,14-18,20-22H,1,12-13,19H2,2-10H3/q+1. The summed E-state index contributed by atoms with van der Waals surface area (Å²) >= 11 is 0. The molecule has 1 aromatic heterocycles. The molecule has 2 atom stereocenters. The number of benzene rings is 2. The van der Waals surface area contributed by atoms with E-state index in [2.05, 4.69) is 128 Å². The molecule has 0 fully saturated rings. The fourth-order valence-corrected chi connectivity index (χ4v) is 7.90. The van der Waals surface area contributed by atoms with E-state index in [0.717, 1.165) is 19.3 Å². The van der Waals surface area contributed by atoms with E-state index >= 15 is 0 Å². The Morgan fingerprint density at radius 2 is 1.43 bits per heavy atom. The second kappa shape index (κ2) is 7.31. The third-order valence-corrected chi connectivity index (χ3v) is 11.6. The summed E-state index contributed by atoms with van der Waals surface area (Å²) < 4.78 is 2.63. The van der Waals surface area contributed by atoms with Crippen LogP contribution in [0, 0.1) is 5.41 Å². The number of allylic oxidation sites excluding steroid dienone is 1. The van der Waals surface area contributed by atoms with Crippen molar-refractivity contribution in [2.75, 3.05) is 0 Å². The quantitative estimate of drug-likeness (QED) is 0.267. The second-order valence-electron chi connectivity index (χ2n) is 13.0. The lowest BCUT2D eigenvalue weighted by molar-refractivity contribution is -0.764. The zero-order valence-corrected chi connectivity index (χ0v) is 23.5. The van der Waals surface area contributed by atoms with Crippen molar-refractivity contribution in [1.29, 1.82) is 0 Å². The first-order chi connectivity index (χ1) is 16.4. The summed E-state index contributed by atoms with van der Waals surface area (Å²) in [6.45, 7) is 26.3. The van der Waals surface area contributed by atoms with Crippen LogP contribution in [-0.4, -0.2) is 0 Å². The maximum atomic E-state index is 4.26. The number of fused-ring (bicyclic) bond motifs is 6. The predicted octanol–water partition coefficient (Wildman–Crippen LogP) is 8.75. The van der Waals surface area contributed by atoms with Crippen LogP contribution in [0.4, 0.5) is 0 Å². The Labute approximate surface area is 213 Å². The molecule has 1 aliphatic heterocycles. The van der Waals surface area contributed by atoms with E-state index in [4.69, 9.17) is 0 Å². The minimum atomic E-state index is -0.0513. The van der Waals surface area contributed by atoms with Crippen LogP contribution in [0.3, 0.4) is 0 Å². The van der Waals surface area contributed by atoms with Crippen molar-refractivity contribution in [1.82, 2.24) is 0 Å². The average molecular weight is 467 g/mol. The van der Waals surface area contributed by atoms with Gasteiger partial charge in [0.05, 0.1) is 16.4 Å². The Morgan fingerprint density at radius 3 is 2.03 bits per heavy atom. The monoisotopic (exact) mass is 466 g/mol. The maximum Gasteiger partial charge on any atom is 0.221 e. The minimum absolute atomic E-state index is 0.0130. The number of pyridine rings is 1. The zero-order chi connectivity index (χ0) is 25.6. The molecular weight excluding hydrogens is 422 g/mol. The van der Waals surface area contributed by atoms with E-state index < -0.39 is 0 Å². The molecule has 0 saturated heterocycles. The summed E-state index contributed by atoms with van der Waals surface area (Å²) in [5.74, 6) is 0. The first-order valence-electron chi connectivity index (χ1n) is 13.6. The Balaban J connectivity index is 2.01. The van der Waals surface area contributed by atoms with Gasteiger partial charge in [0.15, 0.2) is 11.7 Å². The highest BCUT2D eigenvalue weighted by molar-refractivity contribution is 5.94. The van der Waals surface area contributed by atoms with Crippen molar-refractivity contribution in [3.8, 4) is 11.3 Å². The molecule has 0 spiro atoms. The van der Waals surface area contributed by atoms with Gasteiger partial charge in [-0.2, -0.15) is 4.57 Å². The van der Waals surface area contributed by atoms with Gasteiger partial charge < -0.3 is 0 Å². The fraction of sp³-hybridized carbons (Fsp3) is 0.500. The van der Waals surface area contributed by atoms with E-state index in [9.17, 15) is 0 Å². The molecule has 0 N–H and O–H groups in total. The first kappa shape index (κ1) is 24.3. The van der Waals surface area contributed by atoms with Crippen molar-refractivity contribution in [2.45, 2.75) is 103 Å². The van der Waals surface area contributed by atoms with Crippen LogP contribution < -0.4 is 4.57 Å². The number of nitrogens with zero attached hydrogens (tertiary/aromatic N) is 1. The van der Waals surface area contributed by atoms with Crippen molar-refractivity contribution in [3.05, 3.63) is 78.0 Å². The van der Waals surface area contributed by atoms with Crippen LogP contribution in [0.5, 0.6) is 0 Å². The second-order valence-corrected chi connectivity index (χ2v) is 13.0. The fourth-order valence-electron chi connectivity index (χ4n) is 7.90. The molecule has 1 nitrogen and oxygen atoms in total. The molecule has 1 aliphatic carbocycles. The molecular formula is C34H44N+. The molecule has 3 aromatic rings. The Morgan fingerprint density at radius 1 is 0.800 bits per heavy atom. The number of rotatable bonds is 4. The van der Waals surface area contributed by atoms with Crippen molar-refractivity contribution < 1.29 is 4.57 Å². The molecule has 0 radical (unpaired) electrons. The molecule has 2 heterocycles. The molecule has 0 bridgehead atoms. The summed E-state index contributed by atoms with van der Waals surface area (Å²) in [6, 6.07) is 16.5. The van der Waals surface area contributed by atoms with Gasteiger partial charge in [0, 0.05) is 19.4 Å². The highest BCUT2D eigenvalue weighted by atomic mass is 15.1. The van der Waals surface area contributed by atoms with Gasteiger partial charge in [-0.1, -0.05) is 85.7 Å². The third kappa shape index (κ3) is 2.63. The summed E-state index contributed by atoms with van der Waals surface area (Å²) in [7, 11) is 0. The van der Waals surface area contributed by atoms with E-state index in [1.807, 2.05) is 0 Å². The van der Waals surface area contributed by atoms with E-state index in [1.54, 1.807) is 5.56 Å². The van der Waals surface area contributed by atoms with Gasteiger partial charge in [0.2, 0.25) is 5.69 Å². The SMILES string of the molecule is C=CCC1(CC)c2cc3c(cc2-c2c4ccccc4cc[n+]2C1(C)CC)C(C)(C)C(C)(C)C3(C)C. The van der Waals surface area contributed by atoms with Gasteiger partial charge >= 0.3 is 0 Å². The van der Waals surface area contributed by atoms with E-state index in [1.165, 1.54) is 33.2 Å². The lowest BCUT2D eigenvalue weighted by Crippen LogP contribution is -2.68. The lowest BCUT2D eigenvalue weighted by atomic mass is 9.57. The zero-order valence-electron chi connectivity index (χ0n) is 23.5. The van der Waals surface area contributed by atoms with Gasteiger partial charge in [-0.05, 0) is 63.3 Å². The highest BCUT2D eigenvalue weighted by Gasteiger charge is 2.62. The molecule has 2 aromatic carbocycles. The van der Waals surface area contributed by atoms with Gasteiger partial charge in [-0.25, -0.2) is 0 Å². The average Bonchev–Trinajstić information content (AvgIpc) is 2.94. The summed E-state index contributed by atoms with van der Waals surface area (Å²) in [5, 5.41) is 2.67. The van der Waals surface area contributed by atoms with Crippen LogP contribution in [0.25, 0.3) is 22.0 Å². The van der Waals surface area contributed by atoms with Crippen LogP contribution >= 0.6 is 0 Å². The molecule has 0 amide bonds. The first-order valence-corrected chi connectivity index (χ1v) is 13.6. The molecule has 2 aliphatic rings. The lowest BCUT2D eigenvalue weighted by Gasteiger charge is -2.48. The molecule has 35 heavy (non-hydrogen) atoms. The van der Waals surface area contributed by atoms with Crippen LogP contribution in [-0.2, 0) is 21.8 Å².